The average molecular weight is 1220 g/mol. The Morgan fingerprint density at radius 3 is 1.15 bits per heavy atom. The highest BCUT2D eigenvalue weighted by Crippen LogP contribution is 2.31. The minimum atomic E-state index is -4.46. The number of nitro groups is 1. The Hall–Kier alpha value is -10.1. The van der Waals surface area contributed by atoms with Gasteiger partial charge in [-0.15, -0.1) is 0 Å². The van der Waals surface area contributed by atoms with Gasteiger partial charge < -0.3 is 0 Å². The number of rotatable bonds is 1. The van der Waals surface area contributed by atoms with Crippen molar-refractivity contribution in [3.05, 3.63) is 337 Å². The molecule has 12 rings (SSSR count). The number of hydrogen-bond donors (Lipinski definition) is 0. The second-order valence-corrected chi connectivity index (χ2v) is 20.6. The Morgan fingerprint density at radius 1 is 0.360 bits per heavy atom. The highest BCUT2D eigenvalue weighted by atomic mass is 19.4. The zero-order valence-corrected chi connectivity index (χ0v) is 50.1. The molecule has 0 unspecified atom stereocenters. The van der Waals surface area contributed by atoms with E-state index in [1.54, 1.807) is 38.1 Å². The fourth-order valence-corrected chi connectivity index (χ4v) is 8.21. The molecule has 89 heavy (non-hydrogen) atoms. The zero-order valence-electron chi connectivity index (χ0n) is 50.1. The van der Waals surface area contributed by atoms with Gasteiger partial charge in [-0.1, -0.05) is 179 Å². The van der Waals surface area contributed by atoms with Crippen LogP contribution in [-0.2, 0) is 12.4 Å². The third-order valence-electron chi connectivity index (χ3n) is 13.3. The summed E-state index contributed by atoms with van der Waals surface area (Å²) >= 11 is 0. The van der Waals surface area contributed by atoms with Crippen molar-refractivity contribution in [1.29, 1.82) is 5.26 Å². The molecule has 14 heteroatoms. The topological polar surface area (TPSA) is 66.9 Å². The van der Waals surface area contributed by atoms with Crippen LogP contribution in [-0.4, -0.2) is 4.92 Å². The van der Waals surface area contributed by atoms with Crippen LogP contribution >= 0.6 is 0 Å². The second kappa shape index (κ2) is 33.1. The molecule has 0 amide bonds. The fraction of sp³-hybridized carbons (Fsp3) is 0.133. The summed E-state index contributed by atoms with van der Waals surface area (Å²) in [5.74, 6) is -2.02. The number of non-ortho nitro benzene ring substituents is 1. The molecule has 12 aromatic rings. The van der Waals surface area contributed by atoms with Crippen LogP contribution in [0, 0.1) is 100 Å². The Morgan fingerprint density at radius 2 is 0.719 bits per heavy atom. The van der Waals surface area contributed by atoms with E-state index >= 15 is 0 Å². The fourth-order valence-electron chi connectivity index (χ4n) is 8.21. The van der Waals surface area contributed by atoms with E-state index in [0.717, 1.165) is 52.6 Å². The van der Waals surface area contributed by atoms with Gasteiger partial charge >= 0.3 is 12.4 Å². The highest BCUT2D eigenvalue weighted by molar-refractivity contribution is 6.02. The van der Waals surface area contributed by atoms with Gasteiger partial charge in [0.15, 0.2) is 0 Å². The molecule has 0 heterocycles. The van der Waals surface area contributed by atoms with Gasteiger partial charge in [-0.3, -0.25) is 10.1 Å². The molecule has 0 saturated heterocycles. The molecule has 0 radical (unpaired) electrons. The molecule has 0 fully saturated rings. The van der Waals surface area contributed by atoms with Crippen molar-refractivity contribution in [2.45, 2.75) is 67.7 Å². The monoisotopic (exact) mass is 1210 g/mol. The van der Waals surface area contributed by atoms with E-state index in [-0.39, 0.29) is 17.1 Å². The van der Waals surface area contributed by atoms with Gasteiger partial charge in [0.1, 0.15) is 23.3 Å². The maximum atomic E-state index is 12.6. The second-order valence-electron chi connectivity index (χ2n) is 20.6. The van der Waals surface area contributed by atoms with Gasteiger partial charge in [0.25, 0.3) is 5.69 Å². The van der Waals surface area contributed by atoms with Crippen molar-refractivity contribution in [3.63, 3.8) is 0 Å². The van der Waals surface area contributed by atoms with Gasteiger partial charge in [-0.2, -0.15) is 31.6 Å². The number of aryl methyl sites for hydroxylation is 8. The standard InChI is InChI=1S/2C15H12.C8H6F4.C8H7F3.C8H7N.C7H6F2.C7H7F.C7H7NO2/c1-11-14-8-4-2-6-12(14)10-13-7-3-5-9-15(11)13;1-11-6-7-14-9-12-4-2-3-5-13(12)10-15(14)8-11;1-5-2-3-6(4-7(5)9)8(10,11)12;1-6-2-4-7(5-3-6)8(9,10)11;1-7-2-4-8(6-9)5-3-7;1-5-2-3-6(8)4-7(5)9;1-6-2-4-7(8)5-3-6;1-6-2-4-7(5-3-6)8(9)10/h2*2-10H,1H3;2-4H,1H3;2-5H,1H3;2-5H,1H3;2-4H,1H3;2-5H,1H3;2-5H,1H3. The number of nitriles is 1. The van der Waals surface area contributed by atoms with Gasteiger partial charge in [-0.25, -0.2) is 17.6 Å². The van der Waals surface area contributed by atoms with Crippen LogP contribution in [0.5, 0.6) is 0 Å². The third kappa shape index (κ3) is 22.9. The minimum absolute atomic E-state index is 0.144. The van der Waals surface area contributed by atoms with E-state index in [1.807, 2.05) is 45.0 Å². The van der Waals surface area contributed by atoms with Gasteiger partial charge in [0.2, 0.25) is 0 Å². The summed E-state index contributed by atoms with van der Waals surface area (Å²) in [5, 5.41) is 29.1. The maximum absolute atomic E-state index is 12.6. The van der Waals surface area contributed by atoms with Crippen LogP contribution in [0.25, 0.3) is 43.1 Å². The number of alkyl halides is 6. The van der Waals surface area contributed by atoms with Crippen molar-refractivity contribution < 1.29 is 48.8 Å². The van der Waals surface area contributed by atoms with Gasteiger partial charge in [0, 0.05) is 18.2 Å². The first-order valence-corrected chi connectivity index (χ1v) is 27.7. The summed E-state index contributed by atoms with van der Waals surface area (Å²) in [5.41, 5.74) is 6.84. The lowest BCUT2D eigenvalue weighted by molar-refractivity contribution is -0.384. The number of hydrogen-bond acceptors (Lipinski definition) is 3. The molecule has 0 aliphatic carbocycles. The van der Waals surface area contributed by atoms with Crippen LogP contribution in [0.4, 0.5) is 49.6 Å². The van der Waals surface area contributed by atoms with Crippen molar-refractivity contribution in [3.8, 4) is 6.07 Å². The predicted octanol–water partition coefficient (Wildman–Crippen LogP) is 22.9. The smallest absolute Gasteiger partial charge is 0.258 e. The Labute approximate surface area is 511 Å². The van der Waals surface area contributed by atoms with E-state index in [4.69, 9.17) is 5.26 Å². The summed E-state index contributed by atoms with van der Waals surface area (Å²) in [4.78, 5) is 9.71. The molecule has 0 atom stereocenters. The average Bonchev–Trinajstić information content (AvgIpc) is 3.71. The van der Waals surface area contributed by atoms with Crippen LogP contribution < -0.4 is 0 Å². The number of fused-ring (bicyclic) bond motifs is 4. The molecule has 0 aromatic heterocycles. The lowest BCUT2D eigenvalue weighted by Crippen LogP contribution is -2.05. The van der Waals surface area contributed by atoms with E-state index in [1.165, 1.54) is 115 Å². The SMILES string of the molecule is Cc1c2ccccc2cc2ccccc12.Cc1ccc(C#N)cc1.Cc1ccc(C(F)(F)F)cc1.Cc1ccc(C(F)(F)F)cc1F.Cc1ccc(F)cc1.Cc1ccc(F)cc1F.Cc1ccc([N+](=O)[O-])cc1.Cc1ccc2cc3ccccc3cc2c1. The predicted molar refractivity (Wildman–Crippen MR) is 341 cm³/mol. The zero-order chi connectivity index (χ0) is 65.4. The number of nitrogens with zero attached hydrogens (tertiary/aromatic N) is 2. The van der Waals surface area contributed by atoms with Crippen LogP contribution in [0.1, 0.15) is 61.2 Å². The van der Waals surface area contributed by atoms with Crippen LogP contribution in [0.15, 0.2) is 243 Å². The summed E-state index contributed by atoms with van der Waals surface area (Å²) in [6.45, 7) is 14.9. The van der Waals surface area contributed by atoms with E-state index in [2.05, 4.69) is 129 Å². The number of nitro benzene ring substituents is 1. The lowest BCUT2D eigenvalue weighted by atomic mass is 9.98. The quantitative estimate of drug-likeness (QED) is 0.0712. The molecule has 0 N–H and O–H groups in total. The first-order valence-electron chi connectivity index (χ1n) is 27.7. The van der Waals surface area contributed by atoms with Crippen molar-refractivity contribution in [2.24, 2.45) is 0 Å². The third-order valence-corrected chi connectivity index (χ3v) is 13.3. The molecular formula is C75H64F10N2O2. The van der Waals surface area contributed by atoms with Gasteiger partial charge in [0.05, 0.1) is 27.7 Å². The minimum Gasteiger partial charge on any atom is -0.258 e. The number of halogens is 10. The summed E-state index contributed by atoms with van der Waals surface area (Å²) in [6, 6.07) is 72.4. The molecule has 456 valence electrons. The summed E-state index contributed by atoms with van der Waals surface area (Å²) < 4.78 is 121. The Bertz CT molecular complexity index is 4200. The molecule has 0 bridgehead atoms. The van der Waals surface area contributed by atoms with E-state index in [0.29, 0.717) is 11.6 Å². The largest absolute Gasteiger partial charge is 0.416 e. The summed E-state index contributed by atoms with van der Waals surface area (Å²) in [7, 11) is 0. The first kappa shape index (κ1) is 69.6. The van der Waals surface area contributed by atoms with Crippen LogP contribution in [0.2, 0.25) is 0 Å². The normalized spacial score (nSPS) is 10.4. The van der Waals surface area contributed by atoms with Crippen molar-refractivity contribution >= 4 is 48.8 Å². The summed E-state index contributed by atoms with van der Waals surface area (Å²) in [6.07, 6.45) is -8.68. The molecule has 12 aromatic carbocycles. The first-order chi connectivity index (χ1) is 42.1. The molecule has 0 spiro atoms. The molecule has 4 nitrogen and oxygen atoms in total. The van der Waals surface area contributed by atoms with Crippen molar-refractivity contribution in [2.75, 3.05) is 0 Å². The molecule has 0 saturated carbocycles. The highest BCUT2D eigenvalue weighted by Gasteiger charge is 2.31. The Kier molecular flexibility index (Phi) is 25.9. The molecular weight excluding hydrogens is 1150 g/mol. The van der Waals surface area contributed by atoms with Gasteiger partial charge in [-0.05, 0) is 188 Å². The lowest BCUT2D eigenvalue weighted by Gasteiger charge is -2.06. The molecule has 0 aliphatic rings. The Balaban J connectivity index is 0.000000187. The molecule has 0 aliphatic heterocycles. The van der Waals surface area contributed by atoms with E-state index < -0.39 is 45.9 Å². The van der Waals surface area contributed by atoms with Crippen molar-refractivity contribution in [1.82, 2.24) is 0 Å². The maximum Gasteiger partial charge on any atom is 0.416 e. The van der Waals surface area contributed by atoms with E-state index in [9.17, 15) is 54.0 Å². The van der Waals surface area contributed by atoms with Crippen LogP contribution in [0.3, 0.4) is 0 Å². The number of benzene rings is 12.